The van der Waals surface area contributed by atoms with Crippen molar-refractivity contribution in [2.45, 2.75) is 91.8 Å². The molecule has 0 atom stereocenters. The summed E-state index contributed by atoms with van der Waals surface area (Å²) >= 11 is 5.60. The minimum absolute atomic E-state index is 0.0316. The SMILES string of the molecule is CC(C)(C)NC(=O)OCCCNc1nc(Cl)ncc1[N+](=O)[O-].CC(C)(C)NC(=O)OCCCNc1nc(NC(C)(C)C)ncc1[N+](=O)[O-]. The fraction of sp³-hybridized carbons (Fsp3) is 0.643. The zero-order valence-corrected chi connectivity index (χ0v) is 29.5. The molecule has 0 unspecified atom stereocenters. The van der Waals surface area contributed by atoms with Crippen LogP contribution in [0.25, 0.3) is 0 Å². The number of carbonyl (C=O) groups is 2. The second kappa shape index (κ2) is 18.5. The van der Waals surface area contributed by atoms with Crippen LogP contribution in [-0.2, 0) is 9.47 Å². The van der Waals surface area contributed by atoms with E-state index in [1.54, 1.807) is 0 Å². The molecule has 2 rings (SSSR count). The Morgan fingerprint density at radius 1 is 0.729 bits per heavy atom. The van der Waals surface area contributed by atoms with Gasteiger partial charge in [-0.1, -0.05) is 0 Å². The summed E-state index contributed by atoms with van der Waals surface area (Å²) in [4.78, 5) is 59.2. The molecule has 0 bridgehead atoms. The van der Waals surface area contributed by atoms with Crippen molar-refractivity contribution in [2.24, 2.45) is 0 Å². The number of hydrogen-bond donors (Lipinski definition) is 5. The number of nitrogens with one attached hydrogen (secondary N) is 5. The predicted octanol–water partition coefficient (Wildman–Crippen LogP) is 5.29. The fourth-order valence-electron chi connectivity index (χ4n) is 3.22. The molecule has 0 saturated heterocycles. The van der Waals surface area contributed by atoms with Gasteiger partial charge >= 0.3 is 23.6 Å². The highest BCUT2D eigenvalue weighted by molar-refractivity contribution is 6.28. The number of nitrogens with zero attached hydrogens (tertiary/aromatic N) is 6. The maximum atomic E-state index is 11.5. The van der Waals surface area contributed by atoms with Crippen LogP contribution in [0.3, 0.4) is 0 Å². The molecule has 268 valence electrons. The van der Waals surface area contributed by atoms with Crippen LogP contribution in [0.2, 0.25) is 5.28 Å². The average molecular weight is 700 g/mol. The van der Waals surface area contributed by atoms with Gasteiger partial charge < -0.3 is 36.1 Å². The molecule has 5 N–H and O–H groups in total. The van der Waals surface area contributed by atoms with Crippen LogP contribution in [0.5, 0.6) is 0 Å². The maximum absolute atomic E-state index is 11.5. The van der Waals surface area contributed by atoms with Gasteiger partial charge in [0, 0.05) is 29.7 Å². The topological polar surface area (TPSA) is 251 Å². The van der Waals surface area contributed by atoms with E-state index in [9.17, 15) is 29.8 Å². The molecule has 0 radical (unpaired) electrons. The lowest BCUT2D eigenvalue weighted by Gasteiger charge is -2.20. The number of anilines is 3. The number of hydrogen-bond acceptors (Lipinski definition) is 15. The van der Waals surface area contributed by atoms with E-state index in [2.05, 4.69) is 46.5 Å². The molecule has 19 nitrogen and oxygen atoms in total. The first-order valence-corrected chi connectivity index (χ1v) is 15.3. The van der Waals surface area contributed by atoms with E-state index in [4.69, 9.17) is 21.1 Å². The first-order valence-electron chi connectivity index (χ1n) is 14.9. The van der Waals surface area contributed by atoms with Crippen LogP contribution < -0.4 is 26.6 Å². The Morgan fingerprint density at radius 2 is 1.15 bits per heavy atom. The van der Waals surface area contributed by atoms with Gasteiger partial charge in [0.25, 0.3) is 0 Å². The second-order valence-corrected chi connectivity index (χ2v) is 13.6. The number of alkyl carbamates (subject to hydrolysis) is 2. The van der Waals surface area contributed by atoms with Crippen molar-refractivity contribution >= 4 is 52.7 Å². The Bertz CT molecular complexity index is 1390. The Kier molecular flexibility index (Phi) is 15.9. The highest BCUT2D eigenvalue weighted by Crippen LogP contribution is 2.23. The summed E-state index contributed by atoms with van der Waals surface area (Å²) < 4.78 is 10.0. The lowest BCUT2D eigenvalue weighted by Crippen LogP contribution is -2.41. The number of ether oxygens (including phenoxy) is 2. The summed E-state index contributed by atoms with van der Waals surface area (Å²) in [6, 6.07) is 0. The van der Waals surface area contributed by atoms with Crippen LogP contribution in [0.15, 0.2) is 12.4 Å². The lowest BCUT2D eigenvalue weighted by atomic mass is 10.1. The monoisotopic (exact) mass is 699 g/mol. The molecule has 0 aromatic carbocycles. The number of rotatable bonds is 13. The van der Waals surface area contributed by atoms with E-state index in [1.165, 1.54) is 0 Å². The molecular weight excluding hydrogens is 654 g/mol. The van der Waals surface area contributed by atoms with Crippen molar-refractivity contribution in [2.75, 3.05) is 42.3 Å². The summed E-state index contributed by atoms with van der Waals surface area (Å²) in [5, 5.41) is 35.9. The minimum Gasteiger partial charge on any atom is -0.449 e. The van der Waals surface area contributed by atoms with Crippen molar-refractivity contribution in [1.29, 1.82) is 0 Å². The van der Waals surface area contributed by atoms with Gasteiger partial charge in [0.2, 0.25) is 22.9 Å². The molecule has 0 fully saturated rings. The molecule has 2 heterocycles. The normalized spacial score (nSPS) is 11.3. The fourth-order valence-corrected chi connectivity index (χ4v) is 3.36. The minimum atomic E-state index is -0.605. The summed E-state index contributed by atoms with van der Waals surface area (Å²) in [5.41, 5.74) is -1.49. The standard InChI is InChI=1S/C16H28N6O4.C12H18ClN5O4/c1-15(2,3)20-13-18-10-11(22(24)25)12(19-13)17-8-7-9-26-14(23)21-16(4,5)6;1-12(2,3)17-11(19)22-6-4-5-14-9-8(18(20)21)7-15-10(13)16-9/h10H,7-9H2,1-6H3,(H,21,23)(H2,17,18,19,20);7H,4-6H2,1-3H3,(H,17,19)(H,14,15,16). The third kappa shape index (κ3) is 18.4. The molecular formula is C28H46ClN11O8. The highest BCUT2D eigenvalue weighted by Gasteiger charge is 2.20. The zero-order chi connectivity index (χ0) is 36.7. The van der Waals surface area contributed by atoms with Gasteiger partial charge in [-0.25, -0.2) is 19.6 Å². The van der Waals surface area contributed by atoms with Crippen LogP contribution in [0, 0.1) is 20.2 Å². The van der Waals surface area contributed by atoms with E-state index in [0.717, 1.165) is 12.4 Å². The van der Waals surface area contributed by atoms with E-state index < -0.39 is 22.0 Å². The first kappa shape index (κ1) is 41.2. The number of carbonyl (C=O) groups excluding carboxylic acids is 2. The van der Waals surface area contributed by atoms with Gasteiger partial charge in [0.05, 0.1) is 23.1 Å². The van der Waals surface area contributed by atoms with Crippen molar-refractivity contribution in [1.82, 2.24) is 30.6 Å². The van der Waals surface area contributed by atoms with Crippen LogP contribution >= 0.6 is 11.6 Å². The van der Waals surface area contributed by atoms with Gasteiger partial charge in [-0.15, -0.1) is 0 Å². The number of nitro groups is 2. The molecule has 0 aliphatic rings. The molecule has 0 spiro atoms. The maximum Gasteiger partial charge on any atom is 0.407 e. The van der Waals surface area contributed by atoms with E-state index in [0.29, 0.717) is 31.9 Å². The van der Waals surface area contributed by atoms with Crippen molar-refractivity contribution in [3.8, 4) is 0 Å². The molecule has 48 heavy (non-hydrogen) atoms. The van der Waals surface area contributed by atoms with Crippen LogP contribution in [0.4, 0.5) is 38.5 Å². The van der Waals surface area contributed by atoms with Gasteiger partial charge in [-0.05, 0) is 86.8 Å². The summed E-state index contributed by atoms with van der Waals surface area (Å²) in [6.45, 7) is 17.9. The van der Waals surface area contributed by atoms with E-state index >= 15 is 0 Å². The van der Waals surface area contributed by atoms with Crippen molar-refractivity contribution < 1.29 is 28.9 Å². The van der Waals surface area contributed by atoms with Crippen LogP contribution in [0.1, 0.15) is 75.2 Å². The van der Waals surface area contributed by atoms with Crippen molar-refractivity contribution in [3.05, 3.63) is 37.9 Å². The lowest BCUT2D eigenvalue weighted by molar-refractivity contribution is -0.384. The number of aromatic nitrogens is 4. The van der Waals surface area contributed by atoms with Gasteiger partial charge in [-0.3, -0.25) is 20.2 Å². The number of amides is 2. The molecule has 20 heteroatoms. The highest BCUT2D eigenvalue weighted by atomic mass is 35.5. The summed E-state index contributed by atoms with van der Waals surface area (Å²) in [5.74, 6) is 0.450. The molecule has 0 saturated carbocycles. The molecule has 0 aliphatic carbocycles. The largest absolute Gasteiger partial charge is 0.449 e. The van der Waals surface area contributed by atoms with Gasteiger partial charge in [0.1, 0.15) is 12.4 Å². The van der Waals surface area contributed by atoms with Crippen LogP contribution in [-0.4, -0.2) is 84.9 Å². The predicted molar refractivity (Wildman–Crippen MR) is 180 cm³/mol. The Labute approximate surface area is 284 Å². The molecule has 2 aromatic rings. The Hall–Kier alpha value is -4.81. The second-order valence-electron chi connectivity index (χ2n) is 13.3. The quantitative estimate of drug-likeness (QED) is 0.0771. The molecule has 0 aliphatic heterocycles. The summed E-state index contributed by atoms with van der Waals surface area (Å²) in [6.07, 6.45) is 2.12. The third-order valence-corrected chi connectivity index (χ3v) is 5.22. The zero-order valence-electron chi connectivity index (χ0n) is 28.7. The van der Waals surface area contributed by atoms with Gasteiger partial charge in [-0.2, -0.15) is 9.97 Å². The molecule has 2 amide bonds. The van der Waals surface area contributed by atoms with E-state index in [-0.39, 0.29) is 58.1 Å². The third-order valence-electron chi connectivity index (χ3n) is 5.04. The van der Waals surface area contributed by atoms with Gasteiger partial charge in [0.15, 0.2) is 0 Å². The number of halogens is 1. The summed E-state index contributed by atoms with van der Waals surface area (Å²) in [7, 11) is 0. The molecule has 2 aromatic heterocycles. The Morgan fingerprint density at radius 3 is 1.54 bits per heavy atom. The van der Waals surface area contributed by atoms with E-state index in [1.807, 2.05) is 62.3 Å². The Balaban J connectivity index is 0.000000487. The smallest absolute Gasteiger partial charge is 0.407 e. The first-order chi connectivity index (χ1) is 22.1. The van der Waals surface area contributed by atoms with Crippen molar-refractivity contribution in [3.63, 3.8) is 0 Å². The average Bonchev–Trinajstić information content (AvgIpc) is 2.90.